The highest BCUT2D eigenvalue weighted by atomic mass is 32.2. The third-order valence-electron chi connectivity index (χ3n) is 4.05. The average Bonchev–Trinajstić information content (AvgIpc) is 2.88. The van der Waals surface area contributed by atoms with E-state index in [0.29, 0.717) is 22.7 Å². The lowest BCUT2D eigenvalue weighted by molar-refractivity contribution is 0.558. The highest BCUT2D eigenvalue weighted by molar-refractivity contribution is 8.07. The third kappa shape index (κ3) is 1.61. The molecule has 2 unspecified atom stereocenters. The molecular weight excluding hydrogens is 260 g/mol. The Morgan fingerprint density at radius 1 is 1.21 bits per heavy atom. The molecule has 1 N–H and O–H groups in total. The zero-order valence-corrected chi connectivity index (χ0v) is 11.2. The monoisotopic (exact) mass is 274 g/mol. The lowest BCUT2D eigenvalue weighted by Crippen LogP contribution is -2.34. The van der Waals surface area contributed by atoms with Gasteiger partial charge in [0.25, 0.3) is 0 Å². The van der Waals surface area contributed by atoms with Gasteiger partial charge in [0, 0.05) is 12.1 Å². The summed E-state index contributed by atoms with van der Waals surface area (Å²) in [6.45, 7) is 0. The second-order valence-corrected chi connectivity index (χ2v) is 7.16. The van der Waals surface area contributed by atoms with Crippen molar-refractivity contribution in [2.75, 3.05) is 0 Å². The molecule has 3 aliphatic rings. The second kappa shape index (κ2) is 3.77. The Morgan fingerprint density at radius 3 is 2.84 bits per heavy atom. The van der Waals surface area contributed by atoms with Crippen LogP contribution in [0.5, 0.6) is 0 Å². The summed E-state index contributed by atoms with van der Waals surface area (Å²) in [5, 5.41) is 3.74. The summed E-state index contributed by atoms with van der Waals surface area (Å²) >= 11 is 0. The first kappa shape index (κ1) is 11.4. The Bertz CT molecular complexity index is 719. The maximum Gasteiger partial charge on any atom is 0.226 e. The predicted octanol–water partition coefficient (Wildman–Crippen LogP) is 1.95. The summed E-state index contributed by atoms with van der Waals surface area (Å²) in [7, 11) is -3.41. The molecule has 3 aliphatic heterocycles. The Hall–Kier alpha value is -1.46. The number of nitrogens with zero attached hydrogens (tertiary/aromatic N) is 1. The van der Waals surface area contributed by atoms with Crippen LogP contribution in [0.1, 0.15) is 19.3 Å². The first-order valence-electron chi connectivity index (χ1n) is 6.54. The number of hydrogen-bond donors (Lipinski definition) is 1. The first-order chi connectivity index (χ1) is 9.14. The molecule has 0 aliphatic carbocycles. The van der Waals surface area contributed by atoms with Crippen LogP contribution in [0.15, 0.2) is 45.8 Å². The number of aliphatic imine (C=N–C) groups is 1. The van der Waals surface area contributed by atoms with Crippen LogP contribution in [0.25, 0.3) is 0 Å². The largest absolute Gasteiger partial charge is 0.307 e. The fourth-order valence-electron chi connectivity index (χ4n) is 3.17. The van der Waals surface area contributed by atoms with Gasteiger partial charge in [-0.25, -0.2) is 13.4 Å². The van der Waals surface area contributed by atoms with Crippen molar-refractivity contribution in [2.24, 2.45) is 4.99 Å². The summed E-state index contributed by atoms with van der Waals surface area (Å²) < 4.78 is 25.1. The van der Waals surface area contributed by atoms with Crippen LogP contribution >= 0.6 is 0 Å². The van der Waals surface area contributed by atoms with E-state index in [0.717, 1.165) is 24.8 Å². The van der Waals surface area contributed by atoms with Gasteiger partial charge in [-0.15, -0.1) is 0 Å². The molecule has 0 amide bonds. The maximum absolute atomic E-state index is 12.5. The fraction of sp³-hybridized carbons (Fsp3) is 0.357. The van der Waals surface area contributed by atoms with Crippen molar-refractivity contribution in [3.05, 3.63) is 35.9 Å². The van der Waals surface area contributed by atoms with Gasteiger partial charge in [0.1, 0.15) is 0 Å². The second-order valence-electron chi connectivity index (χ2n) is 5.33. The summed E-state index contributed by atoms with van der Waals surface area (Å²) in [4.78, 5) is 4.70. The molecule has 5 heteroatoms. The van der Waals surface area contributed by atoms with E-state index in [1.165, 1.54) is 0 Å². The molecule has 1 aromatic carbocycles. The predicted molar refractivity (Wildman–Crippen MR) is 73.4 cm³/mol. The smallest absolute Gasteiger partial charge is 0.226 e. The zero-order chi connectivity index (χ0) is 13.0. The van der Waals surface area contributed by atoms with E-state index in [2.05, 4.69) is 10.3 Å². The molecule has 4 nitrogen and oxygen atoms in total. The van der Waals surface area contributed by atoms with E-state index in [1.807, 2.05) is 12.1 Å². The zero-order valence-electron chi connectivity index (χ0n) is 10.3. The van der Waals surface area contributed by atoms with E-state index >= 15 is 0 Å². The Kier molecular flexibility index (Phi) is 2.26. The first-order valence-corrected chi connectivity index (χ1v) is 8.03. The molecule has 3 heterocycles. The summed E-state index contributed by atoms with van der Waals surface area (Å²) in [6, 6.07) is 7.69. The minimum Gasteiger partial charge on any atom is -0.307 e. The van der Waals surface area contributed by atoms with Gasteiger partial charge in [-0.05, 0) is 37.0 Å². The molecular formula is C14H14N2O2S. The van der Waals surface area contributed by atoms with E-state index < -0.39 is 9.84 Å². The van der Waals surface area contributed by atoms with Gasteiger partial charge >= 0.3 is 0 Å². The van der Waals surface area contributed by atoms with Crippen molar-refractivity contribution in [1.29, 1.82) is 0 Å². The van der Waals surface area contributed by atoms with Gasteiger partial charge in [0.2, 0.25) is 9.84 Å². The molecule has 2 bridgehead atoms. The number of hydrogen-bond acceptors (Lipinski definition) is 4. The number of benzene rings is 1. The Balaban J connectivity index is 1.82. The molecule has 4 rings (SSSR count). The van der Waals surface area contributed by atoms with Crippen LogP contribution < -0.4 is 5.32 Å². The van der Waals surface area contributed by atoms with E-state index in [-0.39, 0.29) is 5.04 Å². The van der Waals surface area contributed by atoms with Gasteiger partial charge in [0.05, 0.1) is 10.6 Å². The summed E-state index contributed by atoms with van der Waals surface area (Å²) in [5.41, 5.74) is 1.46. The van der Waals surface area contributed by atoms with Crippen LogP contribution in [0.2, 0.25) is 0 Å². The molecule has 1 fully saturated rings. The van der Waals surface area contributed by atoms with Crippen LogP contribution in [-0.2, 0) is 9.84 Å². The maximum atomic E-state index is 12.5. The van der Waals surface area contributed by atoms with Crippen molar-refractivity contribution >= 4 is 20.6 Å². The van der Waals surface area contributed by atoms with Gasteiger partial charge in [-0.2, -0.15) is 0 Å². The summed E-state index contributed by atoms with van der Waals surface area (Å²) in [5.74, 6) is 0. The molecule has 0 saturated carbocycles. The molecule has 1 aromatic rings. The van der Waals surface area contributed by atoms with Crippen molar-refractivity contribution in [3.63, 3.8) is 0 Å². The minimum absolute atomic E-state index is 0.270. The van der Waals surface area contributed by atoms with Crippen LogP contribution in [0, 0.1) is 0 Å². The summed E-state index contributed by atoms with van der Waals surface area (Å²) in [6.07, 6.45) is 5.02. The number of para-hydroxylation sites is 1. The molecule has 98 valence electrons. The SMILES string of the molecule is O=S1(=O)C(C2=CC3CCC(C2)N3)=Nc2ccccc21. The number of nitrogens with one attached hydrogen (secondary N) is 1. The molecule has 2 atom stereocenters. The van der Waals surface area contributed by atoms with Gasteiger partial charge in [-0.1, -0.05) is 18.2 Å². The minimum atomic E-state index is -3.41. The fourth-order valence-corrected chi connectivity index (χ4v) is 4.74. The molecule has 0 spiro atoms. The topological polar surface area (TPSA) is 58.5 Å². The van der Waals surface area contributed by atoms with Crippen molar-refractivity contribution in [2.45, 2.75) is 36.2 Å². The van der Waals surface area contributed by atoms with Crippen LogP contribution in [0.3, 0.4) is 0 Å². The Morgan fingerprint density at radius 2 is 2.05 bits per heavy atom. The van der Waals surface area contributed by atoms with Crippen molar-refractivity contribution in [3.8, 4) is 0 Å². The standard InChI is InChI=1S/C14H14N2O2S/c17-19(18)13-4-2-1-3-12(13)16-14(19)9-7-10-5-6-11(8-9)15-10/h1-4,7,10-11,15H,5-6,8H2. The lowest BCUT2D eigenvalue weighted by atomic mass is 10.0. The number of sulfone groups is 1. The molecule has 0 radical (unpaired) electrons. The number of fused-ring (bicyclic) bond motifs is 3. The lowest BCUT2D eigenvalue weighted by Gasteiger charge is -2.20. The van der Waals surface area contributed by atoms with Crippen LogP contribution in [0.4, 0.5) is 5.69 Å². The van der Waals surface area contributed by atoms with Gasteiger partial charge < -0.3 is 5.32 Å². The quantitative estimate of drug-likeness (QED) is 0.851. The molecule has 0 aromatic heterocycles. The van der Waals surface area contributed by atoms with E-state index in [4.69, 9.17) is 0 Å². The van der Waals surface area contributed by atoms with Gasteiger partial charge in [-0.3, -0.25) is 0 Å². The van der Waals surface area contributed by atoms with Gasteiger partial charge in [0.15, 0.2) is 5.04 Å². The van der Waals surface area contributed by atoms with E-state index in [9.17, 15) is 8.42 Å². The van der Waals surface area contributed by atoms with Crippen LogP contribution in [-0.4, -0.2) is 25.5 Å². The third-order valence-corrected chi connectivity index (χ3v) is 5.84. The Labute approximate surface area is 112 Å². The number of rotatable bonds is 1. The average molecular weight is 274 g/mol. The van der Waals surface area contributed by atoms with Crippen molar-refractivity contribution < 1.29 is 8.42 Å². The van der Waals surface area contributed by atoms with Crippen molar-refractivity contribution in [1.82, 2.24) is 5.32 Å². The molecule has 19 heavy (non-hydrogen) atoms. The highest BCUT2D eigenvalue weighted by Gasteiger charge is 2.37. The highest BCUT2D eigenvalue weighted by Crippen LogP contribution is 2.37. The normalized spacial score (nSPS) is 30.7. The van der Waals surface area contributed by atoms with E-state index in [1.54, 1.807) is 18.2 Å². The molecule has 1 saturated heterocycles.